The minimum absolute atomic E-state index is 0.108. The molecule has 0 radical (unpaired) electrons. The van der Waals surface area contributed by atoms with E-state index in [1.807, 2.05) is 0 Å². The second kappa shape index (κ2) is 5.67. The molecule has 0 saturated heterocycles. The van der Waals surface area contributed by atoms with Crippen molar-refractivity contribution in [2.45, 2.75) is 39.0 Å². The van der Waals surface area contributed by atoms with Gasteiger partial charge in [0.2, 0.25) is 0 Å². The smallest absolute Gasteiger partial charge is 0.408 e. The third-order valence-corrected chi connectivity index (χ3v) is 3.00. The van der Waals surface area contributed by atoms with Gasteiger partial charge in [-0.05, 0) is 24.6 Å². The summed E-state index contributed by atoms with van der Waals surface area (Å²) in [5.74, 6) is -0.380. The van der Waals surface area contributed by atoms with Crippen molar-refractivity contribution in [3.8, 4) is 0 Å². The van der Waals surface area contributed by atoms with E-state index in [0.717, 1.165) is 19.3 Å². The fourth-order valence-electron chi connectivity index (χ4n) is 1.98. The van der Waals surface area contributed by atoms with Gasteiger partial charge in [-0.3, -0.25) is 9.78 Å². The van der Waals surface area contributed by atoms with Crippen LogP contribution in [0.4, 0.5) is 0 Å². The third kappa shape index (κ3) is 2.88. The Bertz CT molecular complexity index is 594. The van der Waals surface area contributed by atoms with Gasteiger partial charge in [-0.1, -0.05) is 26.2 Å². The predicted octanol–water partition coefficient (Wildman–Crippen LogP) is 3.27. The highest BCUT2D eigenvalue weighted by Crippen LogP contribution is 2.15. The van der Waals surface area contributed by atoms with E-state index in [4.69, 9.17) is 4.42 Å². The lowest BCUT2D eigenvalue weighted by Crippen LogP contribution is -1.98. The first-order valence-electron chi connectivity index (χ1n) is 6.37. The second-order valence-corrected chi connectivity index (χ2v) is 4.46. The largest absolute Gasteiger partial charge is 0.417 e. The van der Waals surface area contributed by atoms with Crippen LogP contribution in [0.2, 0.25) is 0 Å². The van der Waals surface area contributed by atoms with Crippen molar-refractivity contribution in [2.24, 2.45) is 0 Å². The summed E-state index contributed by atoms with van der Waals surface area (Å²) in [6, 6.07) is 5.07. The Kier molecular flexibility index (Phi) is 3.97. The lowest BCUT2D eigenvalue weighted by atomic mass is 10.0. The maximum atomic E-state index is 11.9. The zero-order valence-corrected chi connectivity index (χ0v) is 10.5. The van der Waals surface area contributed by atoms with Crippen LogP contribution in [0.3, 0.4) is 0 Å². The molecule has 96 valence electrons. The molecule has 1 aromatic carbocycles. The van der Waals surface area contributed by atoms with Crippen LogP contribution in [0.25, 0.3) is 11.1 Å². The van der Waals surface area contributed by atoms with Crippen LogP contribution in [0.5, 0.6) is 0 Å². The van der Waals surface area contributed by atoms with E-state index in [2.05, 4.69) is 11.9 Å². The zero-order valence-electron chi connectivity index (χ0n) is 10.5. The molecule has 0 atom stereocenters. The van der Waals surface area contributed by atoms with E-state index >= 15 is 0 Å². The van der Waals surface area contributed by atoms with E-state index in [-0.39, 0.29) is 5.78 Å². The number of nitrogens with one attached hydrogen (secondary N) is 1. The Balaban J connectivity index is 2.05. The van der Waals surface area contributed by atoms with Gasteiger partial charge in [0.05, 0.1) is 5.52 Å². The molecule has 18 heavy (non-hydrogen) atoms. The maximum Gasteiger partial charge on any atom is 0.417 e. The van der Waals surface area contributed by atoms with Crippen LogP contribution >= 0.6 is 0 Å². The summed E-state index contributed by atoms with van der Waals surface area (Å²) in [6.45, 7) is 2.14. The predicted molar refractivity (Wildman–Crippen MR) is 69.9 cm³/mol. The zero-order chi connectivity index (χ0) is 13.0. The molecule has 0 unspecified atom stereocenters. The highest BCUT2D eigenvalue weighted by molar-refractivity contribution is 5.98. The van der Waals surface area contributed by atoms with Crippen LogP contribution in [-0.4, -0.2) is 10.8 Å². The number of unbranched alkanes of at least 4 members (excludes halogenated alkanes) is 3. The van der Waals surface area contributed by atoms with E-state index in [9.17, 15) is 9.59 Å². The average molecular weight is 247 g/mol. The van der Waals surface area contributed by atoms with Crippen molar-refractivity contribution in [3.05, 3.63) is 34.3 Å². The molecule has 0 bridgehead atoms. The number of ketones is 1. The van der Waals surface area contributed by atoms with Gasteiger partial charge in [-0.2, -0.15) is 0 Å². The number of H-pyrrole nitrogens is 1. The number of aromatic amines is 1. The van der Waals surface area contributed by atoms with Crippen LogP contribution in [-0.2, 0) is 0 Å². The molecule has 0 saturated carbocycles. The molecule has 0 spiro atoms. The topological polar surface area (TPSA) is 63.1 Å². The molecule has 4 nitrogen and oxygen atoms in total. The second-order valence-electron chi connectivity index (χ2n) is 4.46. The summed E-state index contributed by atoms with van der Waals surface area (Å²) in [4.78, 5) is 25.5. The van der Waals surface area contributed by atoms with Crippen molar-refractivity contribution < 1.29 is 9.21 Å². The standard InChI is InChI=1S/C14H17NO3/c1-2-3-4-5-6-12(16)10-7-8-11-13(9-10)18-14(17)15-11/h7-9H,2-6H2,1H3,(H,15,17). The van der Waals surface area contributed by atoms with Crippen LogP contribution < -0.4 is 5.76 Å². The molecule has 0 amide bonds. The van der Waals surface area contributed by atoms with E-state index in [0.29, 0.717) is 23.1 Å². The molecule has 4 heteroatoms. The highest BCUT2D eigenvalue weighted by Gasteiger charge is 2.08. The van der Waals surface area contributed by atoms with Gasteiger partial charge in [0.1, 0.15) is 0 Å². The van der Waals surface area contributed by atoms with Crippen molar-refractivity contribution in [1.29, 1.82) is 0 Å². The molecular weight excluding hydrogens is 230 g/mol. The number of carbonyl (C=O) groups excluding carboxylic acids is 1. The number of fused-ring (bicyclic) bond motifs is 1. The first-order valence-corrected chi connectivity index (χ1v) is 6.37. The number of aromatic nitrogens is 1. The first kappa shape index (κ1) is 12.6. The van der Waals surface area contributed by atoms with Crippen LogP contribution in [0.1, 0.15) is 49.4 Å². The Labute approximate surface area is 105 Å². The molecular formula is C14H17NO3. The maximum absolute atomic E-state index is 11.9. The van der Waals surface area contributed by atoms with Gasteiger partial charge in [0.25, 0.3) is 0 Å². The SMILES string of the molecule is CCCCCCC(=O)c1ccc2[nH]c(=O)oc2c1. The summed E-state index contributed by atoms with van der Waals surface area (Å²) < 4.78 is 4.94. The lowest BCUT2D eigenvalue weighted by molar-refractivity contribution is 0.0979. The van der Waals surface area contributed by atoms with Crippen LogP contribution in [0, 0.1) is 0 Å². The van der Waals surface area contributed by atoms with Crippen molar-refractivity contribution in [3.63, 3.8) is 0 Å². The summed E-state index contributed by atoms with van der Waals surface area (Å²) in [7, 11) is 0. The van der Waals surface area contributed by atoms with Gasteiger partial charge < -0.3 is 4.42 Å². The van der Waals surface area contributed by atoms with Crippen molar-refractivity contribution >= 4 is 16.9 Å². The third-order valence-electron chi connectivity index (χ3n) is 3.00. The Hall–Kier alpha value is -1.84. The summed E-state index contributed by atoms with van der Waals surface area (Å²) in [5, 5.41) is 0. The molecule has 2 aromatic rings. The molecule has 0 aliphatic carbocycles. The first-order chi connectivity index (χ1) is 8.70. The Morgan fingerprint density at radius 2 is 2.11 bits per heavy atom. The highest BCUT2D eigenvalue weighted by atomic mass is 16.4. The number of rotatable bonds is 6. The van der Waals surface area contributed by atoms with Gasteiger partial charge >= 0.3 is 5.76 Å². The van der Waals surface area contributed by atoms with Crippen molar-refractivity contribution in [2.75, 3.05) is 0 Å². The minimum atomic E-state index is -0.488. The normalized spacial score (nSPS) is 10.9. The minimum Gasteiger partial charge on any atom is -0.408 e. The quantitative estimate of drug-likeness (QED) is 0.629. The lowest BCUT2D eigenvalue weighted by Gasteiger charge is -2.00. The average Bonchev–Trinajstić information content (AvgIpc) is 2.73. The molecule has 1 aromatic heterocycles. The van der Waals surface area contributed by atoms with Crippen LogP contribution in [0.15, 0.2) is 27.4 Å². The summed E-state index contributed by atoms with van der Waals surface area (Å²) >= 11 is 0. The van der Waals surface area contributed by atoms with E-state index < -0.39 is 5.76 Å². The van der Waals surface area contributed by atoms with Gasteiger partial charge in [0, 0.05) is 12.0 Å². The number of oxazole rings is 1. The van der Waals surface area contributed by atoms with E-state index in [1.165, 1.54) is 6.42 Å². The number of benzene rings is 1. The molecule has 0 aliphatic heterocycles. The Morgan fingerprint density at radius 1 is 1.28 bits per heavy atom. The summed E-state index contributed by atoms with van der Waals surface area (Å²) in [6.07, 6.45) is 4.89. The molecule has 0 aliphatic rings. The Morgan fingerprint density at radius 3 is 2.89 bits per heavy atom. The fraction of sp³-hybridized carbons (Fsp3) is 0.429. The number of carbonyl (C=O) groups is 1. The summed E-state index contributed by atoms with van der Waals surface area (Å²) in [5.41, 5.74) is 1.68. The molecule has 2 rings (SSSR count). The number of hydrogen-bond donors (Lipinski definition) is 1. The van der Waals surface area contributed by atoms with Gasteiger partial charge in [0.15, 0.2) is 11.4 Å². The molecule has 0 fully saturated rings. The number of Topliss-reactive ketones (excluding diaryl/α,β-unsaturated/α-hetero) is 1. The fourth-order valence-corrected chi connectivity index (χ4v) is 1.98. The van der Waals surface area contributed by atoms with Gasteiger partial charge in [-0.15, -0.1) is 0 Å². The number of hydrogen-bond acceptors (Lipinski definition) is 3. The van der Waals surface area contributed by atoms with Gasteiger partial charge in [-0.25, -0.2) is 4.79 Å². The monoisotopic (exact) mass is 247 g/mol. The van der Waals surface area contributed by atoms with E-state index in [1.54, 1.807) is 18.2 Å². The molecule has 1 heterocycles. The molecule has 1 N–H and O–H groups in total. The van der Waals surface area contributed by atoms with Crippen molar-refractivity contribution in [1.82, 2.24) is 4.98 Å².